The quantitative estimate of drug-likeness (QED) is 0.886. The summed E-state index contributed by atoms with van der Waals surface area (Å²) in [6.45, 7) is 1.93. The SMILES string of the molecule is Cc1cc(NC(=O)C2CCC(C(=O)O)CC2)ncc1Br. The Morgan fingerprint density at radius 1 is 1.30 bits per heavy atom. The number of carbonyl (C=O) groups excluding carboxylic acids is 1. The number of nitrogens with zero attached hydrogens (tertiary/aromatic N) is 1. The minimum Gasteiger partial charge on any atom is -0.481 e. The standard InChI is InChI=1S/C14H17BrN2O3/c1-8-6-12(16-7-11(8)15)17-13(18)9-2-4-10(5-3-9)14(19)20/h6-7,9-10H,2-5H2,1H3,(H,19,20)(H,16,17,18). The number of rotatable bonds is 3. The molecule has 0 spiro atoms. The average Bonchev–Trinajstić information content (AvgIpc) is 2.43. The highest BCUT2D eigenvalue weighted by Gasteiger charge is 2.29. The Balaban J connectivity index is 1.92. The summed E-state index contributed by atoms with van der Waals surface area (Å²) in [4.78, 5) is 27.2. The number of hydrogen-bond acceptors (Lipinski definition) is 3. The molecule has 0 radical (unpaired) electrons. The number of carboxylic acid groups (broad SMARTS) is 1. The van der Waals surface area contributed by atoms with Crippen molar-refractivity contribution in [1.29, 1.82) is 0 Å². The second kappa shape index (κ2) is 6.35. The Kier molecular flexibility index (Phi) is 4.75. The second-order valence-corrected chi connectivity index (χ2v) is 6.05. The predicted molar refractivity (Wildman–Crippen MR) is 78.4 cm³/mol. The zero-order valence-corrected chi connectivity index (χ0v) is 12.8. The van der Waals surface area contributed by atoms with Gasteiger partial charge < -0.3 is 10.4 Å². The summed E-state index contributed by atoms with van der Waals surface area (Å²) in [5.41, 5.74) is 1.00. The lowest BCUT2D eigenvalue weighted by Gasteiger charge is -2.25. The normalized spacial score (nSPS) is 22.3. The number of hydrogen-bond donors (Lipinski definition) is 2. The van der Waals surface area contributed by atoms with Crippen molar-refractivity contribution in [2.45, 2.75) is 32.6 Å². The van der Waals surface area contributed by atoms with E-state index < -0.39 is 5.97 Å². The molecule has 1 fully saturated rings. The van der Waals surface area contributed by atoms with Crippen molar-refractivity contribution in [3.8, 4) is 0 Å². The van der Waals surface area contributed by atoms with E-state index in [0.29, 0.717) is 31.5 Å². The Morgan fingerprint density at radius 3 is 2.45 bits per heavy atom. The number of pyridine rings is 1. The Morgan fingerprint density at radius 2 is 1.90 bits per heavy atom. The number of aromatic nitrogens is 1. The van der Waals surface area contributed by atoms with Crippen LogP contribution in [0.1, 0.15) is 31.2 Å². The number of nitrogens with one attached hydrogen (secondary N) is 1. The molecular weight excluding hydrogens is 324 g/mol. The molecule has 2 N–H and O–H groups in total. The van der Waals surface area contributed by atoms with Gasteiger partial charge in [-0.15, -0.1) is 0 Å². The van der Waals surface area contributed by atoms with Crippen LogP contribution in [-0.4, -0.2) is 22.0 Å². The van der Waals surface area contributed by atoms with Crippen LogP contribution in [0.5, 0.6) is 0 Å². The van der Waals surface area contributed by atoms with E-state index in [4.69, 9.17) is 5.11 Å². The van der Waals surface area contributed by atoms with Crippen molar-refractivity contribution in [3.05, 3.63) is 22.3 Å². The van der Waals surface area contributed by atoms with Gasteiger partial charge in [0.15, 0.2) is 0 Å². The van der Waals surface area contributed by atoms with E-state index in [9.17, 15) is 9.59 Å². The van der Waals surface area contributed by atoms with E-state index in [2.05, 4.69) is 26.2 Å². The van der Waals surface area contributed by atoms with Crippen molar-refractivity contribution < 1.29 is 14.7 Å². The Labute approximate surface area is 125 Å². The summed E-state index contributed by atoms with van der Waals surface area (Å²) in [5.74, 6) is -0.698. The molecule has 0 bridgehead atoms. The predicted octanol–water partition coefficient (Wildman–Crippen LogP) is 2.98. The maximum atomic E-state index is 12.1. The fourth-order valence-corrected chi connectivity index (χ4v) is 2.66. The minimum atomic E-state index is -0.756. The van der Waals surface area contributed by atoms with Crippen LogP contribution >= 0.6 is 15.9 Å². The highest BCUT2D eigenvalue weighted by molar-refractivity contribution is 9.10. The third-order valence-corrected chi connectivity index (χ3v) is 4.58. The zero-order valence-electron chi connectivity index (χ0n) is 11.2. The first-order valence-corrected chi connectivity index (χ1v) is 7.42. The zero-order chi connectivity index (χ0) is 14.7. The maximum absolute atomic E-state index is 12.1. The fourth-order valence-electron chi connectivity index (χ4n) is 2.44. The largest absolute Gasteiger partial charge is 0.481 e. The molecule has 1 aliphatic rings. The summed E-state index contributed by atoms with van der Waals surface area (Å²) in [5, 5.41) is 11.7. The van der Waals surface area contributed by atoms with E-state index in [-0.39, 0.29) is 17.7 Å². The molecule has 6 heteroatoms. The van der Waals surface area contributed by atoms with E-state index in [1.54, 1.807) is 6.20 Å². The summed E-state index contributed by atoms with van der Waals surface area (Å²) in [6.07, 6.45) is 4.04. The molecule has 0 aromatic carbocycles. The van der Waals surface area contributed by atoms with E-state index in [0.717, 1.165) is 10.0 Å². The number of amides is 1. The summed E-state index contributed by atoms with van der Waals surface area (Å²) in [7, 11) is 0. The number of halogens is 1. The molecule has 1 aromatic heterocycles. The molecule has 0 saturated heterocycles. The van der Waals surface area contributed by atoms with Gasteiger partial charge in [0.25, 0.3) is 0 Å². The van der Waals surface area contributed by atoms with Gasteiger partial charge in [0.05, 0.1) is 5.92 Å². The van der Waals surface area contributed by atoms with Gasteiger partial charge in [-0.1, -0.05) is 0 Å². The van der Waals surface area contributed by atoms with Crippen LogP contribution < -0.4 is 5.32 Å². The van der Waals surface area contributed by atoms with E-state index in [1.165, 1.54) is 0 Å². The molecule has 1 aromatic rings. The number of anilines is 1. The fraction of sp³-hybridized carbons (Fsp3) is 0.500. The summed E-state index contributed by atoms with van der Waals surface area (Å²) in [6, 6.07) is 1.81. The lowest BCUT2D eigenvalue weighted by molar-refractivity contribution is -0.143. The van der Waals surface area contributed by atoms with Gasteiger partial charge in [0.1, 0.15) is 5.82 Å². The number of carbonyl (C=O) groups is 2. The Hall–Kier alpha value is -1.43. The highest BCUT2D eigenvalue weighted by atomic mass is 79.9. The van der Waals surface area contributed by atoms with Gasteiger partial charge in [-0.3, -0.25) is 9.59 Å². The van der Waals surface area contributed by atoms with Gasteiger partial charge in [0, 0.05) is 16.6 Å². The number of aryl methyl sites for hydroxylation is 1. The molecule has 0 atom stereocenters. The third kappa shape index (κ3) is 3.56. The van der Waals surface area contributed by atoms with Gasteiger partial charge >= 0.3 is 5.97 Å². The topological polar surface area (TPSA) is 79.3 Å². The molecule has 0 unspecified atom stereocenters. The van der Waals surface area contributed by atoms with Gasteiger partial charge in [-0.2, -0.15) is 0 Å². The van der Waals surface area contributed by atoms with Crippen LogP contribution in [-0.2, 0) is 9.59 Å². The van der Waals surface area contributed by atoms with Crippen LogP contribution in [0.15, 0.2) is 16.7 Å². The summed E-state index contributed by atoms with van der Waals surface area (Å²) < 4.78 is 0.900. The van der Waals surface area contributed by atoms with Gasteiger partial charge in [-0.25, -0.2) is 4.98 Å². The molecule has 1 amide bonds. The number of aliphatic carboxylic acids is 1. The molecule has 1 saturated carbocycles. The van der Waals surface area contributed by atoms with Crippen LogP contribution in [0.3, 0.4) is 0 Å². The summed E-state index contributed by atoms with van der Waals surface area (Å²) >= 11 is 3.36. The lowest BCUT2D eigenvalue weighted by Crippen LogP contribution is -2.29. The second-order valence-electron chi connectivity index (χ2n) is 5.19. The molecule has 5 nitrogen and oxygen atoms in total. The van der Waals surface area contributed by atoms with Gasteiger partial charge in [0.2, 0.25) is 5.91 Å². The van der Waals surface area contributed by atoms with Crippen LogP contribution in [0.2, 0.25) is 0 Å². The lowest BCUT2D eigenvalue weighted by atomic mass is 9.81. The molecule has 20 heavy (non-hydrogen) atoms. The first-order chi connectivity index (χ1) is 9.47. The Bertz CT molecular complexity index is 525. The first kappa shape index (κ1) is 15.0. The molecule has 1 heterocycles. The van der Waals surface area contributed by atoms with Crippen molar-refractivity contribution >= 4 is 33.6 Å². The minimum absolute atomic E-state index is 0.0666. The average molecular weight is 341 g/mol. The van der Waals surface area contributed by atoms with Crippen LogP contribution in [0.25, 0.3) is 0 Å². The van der Waals surface area contributed by atoms with Crippen LogP contribution in [0.4, 0.5) is 5.82 Å². The maximum Gasteiger partial charge on any atom is 0.306 e. The smallest absolute Gasteiger partial charge is 0.306 e. The first-order valence-electron chi connectivity index (χ1n) is 6.63. The van der Waals surface area contributed by atoms with Crippen molar-refractivity contribution in [3.63, 3.8) is 0 Å². The molecule has 108 valence electrons. The van der Waals surface area contributed by atoms with E-state index >= 15 is 0 Å². The van der Waals surface area contributed by atoms with Gasteiger partial charge in [-0.05, 0) is 60.2 Å². The monoisotopic (exact) mass is 340 g/mol. The molecular formula is C14H17BrN2O3. The van der Waals surface area contributed by atoms with E-state index in [1.807, 2.05) is 13.0 Å². The third-order valence-electron chi connectivity index (χ3n) is 3.75. The molecule has 2 rings (SSSR count). The molecule has 0 aliphatic heterocycles. The number of carboxylic acids is 1. The van der Waals surface area contributed by atoms with Crippen molar-refractivity contribution in [1.82, 2.24) is 4.98 Å². The molecule has 1 aliphatic carbocycles. The van der Waals surface area contributed by atoms with Crippen molar-refractivity contribution in [2.24, 2.45) is 11.8 Å². The van der Waals surface area contributed by atoms with Crippen molar-refractivity contribution in [2.75, 3.05) is 5.32 Å². The van der Waals surface area contributed by atoms with Crippen LogP contribution in [0, 0.1) is 18.8 Å². The highest BCUT2D eigenvalue weighted by Crippen LogP contribution is 2.29.